The number of nitrogens with zero attached hydrogens (tertiary/aromatic N) is 2. The predicted octanol–water partition coefficient (Wildman–Crippen LogP) is 6.04. The van der Waals surface area contributed by atoms with Crippen molar-refractivity contribution in [2.75, 3.05) is 0 Å². The first-order valence-corrected chi connectivity index (χ1v) is 11.2. The normalized spacial score (nSPS) is 11.0. The molecule has 0 aliphatic heterocycles. The van der Waals surface area contributed by atoms with Gasteiger partial charge in [-0.15, -0.1) is 0 Å². The van der Waals surface area contributed by atoms with E-state index in [1.807, 2.05) is 55.5 Å². The van der Waals surface area contributed by atoms with E-state index in [9.17, 15) is 9.59 Å². The summed E-state index contributed by atoms with van der Waals surface area (Å²) >= 11 is 6.25. The summed E-state index contributed by atoms with van der Waals surface area (Å²) in [4.78, 5) is 38.3. The molecule has 0 atom stereocenters. The van der Waals surface area contributed by atoms with E-state index in [2.05, 4.69) is 9.97 Å². The maximum Gasteiger partial charge on any atom is 0.194 e. The second kappa shape index (κ2) is 9.04. The number of Topliss-reactive ketones (excluding diaryl/α,β-unsaturated/α-hetero) is 1. The van der Waals surface area contributed by atoms with Crippen LogP contribution in [0.15, 0.2) is 89.9 Å². The zero-order chi connectivity index (χ0) is 23.7. The van der Waals surface area contributed by atoms with Gasteiger partial charge in [-0.25, -0.2) is 9.97 Å². The van der Waals surface area contributed by atoms with Crippen LogP contribution in [0.4, 0.5) is 0 Å². The third-order valence-electron chi connectivity index (χ3n) is 5.67. The second-order valence-electron chi connectivity index (χ2n) is 8.08. The SMILES string of the molecule is Cc1cc(-c2cc3c(=O)c(CC(=O)c4ccccc4)c[nH]c3nc2-c2ccccc2)cc(Cl)n1. The minimum atomic E-state index is -0.219. The van der Waals surface area contributed by atoms with Gasteiger partial charge >= 0.3 is 0 Å². The summed E-state index contributed by atoms with van der Waals surface area (Å²) in [6.45, 7) is 1.87. The van der Waals surface area contributed by atoms with E-state index in [0.29, 0.717) is 27.3 Å². The topological polar surface area (TPSA) is 75.7 Å². The van der Waals surface area contributed by atoms with Crippen LogP contribution < -0.4 is 5.43 Å². The van der Waals surface area contributed by atoms with E-state index in [0.717, 1.165) is 28.1 Å². The number of H-pyrrole nitrogens is 1. The number of aryl methyl sites for hydroxylation is 1. The van der Waals surface area contributed by atoms with Crippen LogP contribution in [0.2, 0.25) is 5.15 Å². The highest BCUT2D eigenvalue weighted by atomic mass is 35.5. The summed E-state index contributed by atoms with van der Waals surface area (Å²) in [6.07, 6.45) is 1.59. The lowest BCUT2D eigenvalue weighted by Gasteiger charge is -2.13. The van der Waals surface area contributed by atoms with Crippen molar-refractivity contribution in [1.29, 1.82) is 0 Å². The first kappa shape index (κ1) is 21.7. The highest BCUT2D eigenvalue weighted by Crippen LogP contribution is 2.33. The van der Waals surface area contributed by atoms with Gasteiger partial charge in [-0.3, -0.25) is 9.59 Å². The number of benzene rings is 2. The highest BCUT2D eigenvalue weighted by molar-refractivity contribution is 6.29. The van der Waals surface area contributed by atoms with Gasteiger partial charge in [0, 0.05) is 40.6 Å². The van der Waals surface area contributed by atoms with Gasteiger partial charge in [-0.05, 0) is 30.7 Å². The number of rotatable bonds is 5. The van der Waals surface area contributed by atoms with E-state index >= 15 is 0 Å². The highest BCUT2D eigenvalue weighted by Gasteiger charge is 2.17. The molecule has 1 N–H and O–H groups in total. The summed E-state index contributed by atoms with van der Waals surface area (Å²) in [5.41, 5.74) is 5.18. The predicted molar refractivity (Wildman–Crippen MR) is 135 cm³/mol. The molecule has 5 nitrogen and oxygen atoms in total. The number of carbonyl (C=O) groups is 1. The molecule has 0 radical (unpaired) electrons. The zero-order valence-electron chi connectivity index (χ0n) is 18.4. The number of aromatic amines is 1. The molecule has 5 aromatic rings. The number of ketones is 1. The van der Waals surface area contributed by atoms with Crippen molar-refractivity contribution in [3.05, 3.63) is 117 Å². The average Bonchev–Trinajstić information content (AvgIpc) is 2.85. The Balaban J connectivity index is 1.69. The van der Waals surface area contributed by atoms with Gasteiger partial charge in [-0.1, -0.05) is 72.3 Å². The second-order valence-corrected chi connectivity index (χ2v) is 8.46. The number of carbonyl (C=O) groups excluding carboxylic acids is 1. The molecule has 0 saturated heterocycles. The zero-order valence-corrected chi connectivity index (χ0v) is 19.1. The fourth-order valence-electron chi connectivity index (χ4n) is 4.04. The summed E-state index contributed by atoms with van der Waals surface area (Å²) in [6, 6.07) is 24.2. The molecule has 0 saturated carbocycles. The maximum absolute atomic E-state index is 13.4. The standard InChI is InChI=1S/C28H20ClN3O2/c1-17-12-20(14-25(29)31-17)22-15-23-27(34)21(13-24(33)18-8-4-2-5-9-18)16-30-28(23)32-26(22)19-10-6-3-7-11-19/h2-12,14-16H,13H2,1H3,(H,30,32,34). The van der Waals surface area contributed by atoms with Crippen LogP contribution in [-0.2, 0) is 6.42 Å². The van der Waals surface area contributed by atoms with Crippen LogP contribution >= 0.6 is 11.6 Å². The quantitative estimate of drug-likeness (QED) is 0.253. The Morgan fingerprint density at radius 2 is 1.62 bits per heavy atom. The molecule has 166 valence electrons. The van der Waals surface area contributed by atoms with Gasteiger partial charge in [0.25, 0.3) is 0 Å². The molecule has 5 rings (SSSR count). The van der Waals surface area contributed by atoms with E-state index in [1.165, 1.54) is 0 Å². The van der Waals surface area contributed by atoms with Gasteiger partial charge in [-0.2, -0.15) is 0 Å². The monoisotopic (exact) mass is 465 g/mol. The van der Waals surface area contributed by atoms with Crippen molar-refractivity contribution in [3.63, 3.8) is 0 Å². The number of pyridine rings is 3. The molecule has 3 heterocycles. The van der Waals surface area contributed by atoms with Crippen LogP contribution in [0.3, 0.4) is 0 Å². The molecule has 0 bridgehead atoms. The molecule has 0 spiro atoms. The number of nitrogens with one attached hydrogen (secondary N) is 1. The van der Waals surface area contributed by atoms with Crippen LogP contribution in [0, 0.1) is 6.92 Å². The molecule has 2 aromatic carbocycles. The van der Waals surface area contributed by atoms with Gasteiger partial charge in [0.15, 0.2) is 11.2 Å². The van der Waals surface area contributed by atoms with Crippen LogP contribution in [0.25, 0.3) is 33.4 Å². The number of hydrogen-bond acceptors (Lipinski definition) is 4. The van der Waals surface area contributed by atoms with Crippen LogP contribution in [-0.4, -0.2) is 20.7 Å². The Bertz CT molecular complexity index is 1560. The van der Waals surface area contributed by atoms with Gasteiger partial charge in [0.1, 0.15) is 10.8 Å². The fraction of sp³-hybridized carbons (Fsp3) is 0.0714. The molecule has 0 aliphatic rings. The van der Waals surface area contributed by atoms with Crippen molar-refractivity contribution in [2.45, 2.75) is 13.3 Å². The third-order valence-corrected chi connectivity index (χ3v) is 5.86. The number of aromatic nitrogens is 3. The van der Waals surface area contributed by atoms with E-state index in [-0.39, 0.29) is 17.6 Å². The van der Waals surface area contributed by atoms with Gasteiger partial charge in [0.05, 0.1) is 11.1 Å². The Morgan fingerprint density at radius 1 is 0.912 bits per heavy atom. The Kier molecular flexibility index (Phi) is 5.78. The summed E-state index contributed by atoms with van der Waals surface area (Å²) in [5.74, 6) is -0.115. The van der Waals surface area contributed by atoms with Crippen molar-refractivity contribution < 1.29 is 4.79 Å². The van der Waals surface area contributed by atoms with Crippen molar-refractivity contribution in [1.82, 2.24) is 15.0 Å². The number of halogens is 1. The maximum atomic E-state index is 13.4. The lowest BCUT2D eigenvalue weighted by molar-refractivity contribution is 0.0992. The molecule has 0 fully saturated rings. The molecule has 0 unspecified atom stereocenters. The molecule has 6 heteroatoms. The smallest absolute Gasteiger partial charge is 0.194 e. The summed E-state index contributed by atoms with van der Waals surface area (Å²) in [5, 5.41) is 0.781. The minimum absolute atomic E-state index is 0.00521. The lowest BCUT2D eigenvalue weighted by Crippen LogP contribution is -2.15. The summed E-state index contributed by atoms with van der Waals surface area (Å²) in [7, 11) is 0. The lowest BCUT2D eigenvalue weighted by atomic mass is 9.97. The van der Waals surface area contributed by atoms with Crippen LogP contribution in [0.1, 0.15) is 21.6 Å². The Labute approximate surface area is 201 Å². The molecule has 3 aromatic heterocycles. The Morgan fingerprint density at radius 3 is 2.32 bits per heavy atom. The summed E-state index contributed by atoms with van der Waals surface area (Å²) < 4.78 is 0. The first-order chi connectivity index (χ1) is 16.5. The molecule has 34 heavy (non-hydrogen) atoms. The average molecular weight is 466 g/mol. The first-order valence-electron chi connectivity index (χ1n) is 10.8. The fourth-order valence-corrected chi connectivity index (χ4v) is 4.29. The Hall–Kier alpha value is -4.09. The van der Waals surface area contributed by atoms with Crippen molar-refractivity contribution in [3.8, 4) is 22.4 Å². The number of hydrogen-bond donors (Lipinski definition) is 1. The van der Waals surface area contributed by atoms with E-state index in [1.54, 1.807) is 36.5 Å². The molecule has 0 amide bonds. The van der Waals surface area contributed by atoms with Gasteiger partial charge in [0.2, 0.25) is 0 Å². The largest absolute Gasteiger partial charge is 0.346 e. The van der Waals surface area contributed by atoms with Gasteiger partial charge < -0.3 is 4.98 Å². The van der Waals surface area contributed by atoms with E-state index < -0.39 is 0 Å². The van der Waals surface area contributed by atoms with Crippen molar-refractivity contribution >= 4 is 28.4 Å². The van der Waals surface area contributed by atoms with Crippen molar-refractivity contribution in [2.24, 2.45) is 0 Å². The molecule has 0 aliphatic carbocycles. The van der Waals surface area contributed by atoms with E-state index in [4.69, 9.17) is 16.6 Å². The minimum Gasteiger partial charge on any atom is -0.346 e. The van der Waals surface area contributed by atoms with Crippen LogP contribution in [0.5, 0.6) is 0 Å². The molecular weight excluding hydrogens is 446 g/mol. The third kappa shape index (κ3) is 4.26. The molecular formula is C28H20ClN3O2. The number of fused-ring (bicyclic) bond motifs is 1.